The van der Waals surface area contributed by atoms with E-state index in [2.05, 4.69) is 25.4 Å². The number of anilines is 1. The Kier molecular flexibility index (Phi) is 5.49. The third-order valence-corrected chi connectivity index (χ3v) is 5.27. The van der Waals surface area contributed by atoms with Crippen LogP contribution in [0.25, 0.3) is 0 Å². The molecule has 0 aliphatic rings. The number of nitrogens with one attached hydrogen (secondary N) is 2. The molecule has 1 rings (SSSR count). The predicted molar refractivity (Wildman–Crippen MR) is 76.5 cm³/mol. The highest BCUT2D eigenvalue weighted by atomic mass is 79.9. The van der Waals surface area contributed by atoms with Gasteiger partial charge in [-0.3, -0.25) is 0 Å². The van der Waals surface area contributed by atoms with Crippen LogP contribution in [0.15, 0.2) is 21.5 Å². The van der Waals surface area contributed by atoms with Crippen molar-refractivity contribution in [3.63, 3.8) is 0 Å². The summed E-state index contributed by atoms with van der Waals surface area (Å²) < 4.78 is 63.0. The average molecular weight is 390 g/mol. The fourth-order valence-electron chi connectivity index (χ4n) is 1.25. The van der Waals surface area contributed by atoms with Crippen molar-refractivity contribution >= 4 is 41.7 Å². The molecule has 0 saturated carbocycles. The summed E-state index contributed by atoms with van der Waals surface area (Å²) in [4.78, 5) is -0.226. The zero-order chi connectivity index (χ0) is 15.6. The molecule has 20 heavy (non-hydrogen) atoms. The maximum atomic E-state index is 13.1. The van der Waals surface area contributed by atoms with E-state index in [0.717, 1.165) is 18.4 Å². The molecule has 0 amide bonds. The van der Waals surface area contributed by atoms with Crippen LogP contribution in [0, 0.1) is 5.82 Å². The van der Waals surface area contributed by atoms with Crippen molar-refractivity contribution in [2.24, 2.45) is 0 Å². The number of hydrogen-bond donors (Lipinski definition) is 3. The molecular weight excluding hydrogens is 377 g/mol. The predicted octanol–water partition coefficient (Wildman–Crippen LogP) is -0.00210. The van der Waals surface area contributed by atoms with Crippen molar-refractivity contribution in [1.29, 1.82) is 0 Å². The van der Waals surface area contributed by atoms with Gasteiger partial charge in [0.25, 0.3) is 0 Å². The minimum Gasteiger partial charge on any atom is -0.396 e. The Bertz CT molecular complexity index is 706. The number of nitrogen functional groups attached to an aromatic ring is 1. The van der Waals surface area contributed by atoms with Crippen molar-refractivity contribution in [2.75, 3.05) is 25.1 Å². The zero-order valence-electron chi connectivity index (χ0n) is 10.4. The average Bonchev–Trinajstić information content (AvgIpc) is 2.28. The Labute approximate surface area is 125 Å². The molecule has 0 aliphatic heterocycles. The first-order valence-corrected chi connectivity index (χ1v) is 9.38. The standard InChI is InChI=1S/C9H13BrFN3O4S2/c1-19(15,16)13-2-3-14-20(17,18)9-5-8(12)7(11)4-6(9)10/h4-5,13-14H,2-3,12H2,1H3. The highest BCUT2D eigenvalue weighted by Gasteiger charge is 2.19. The van der Waals surface area contributed by atoms with Crippen LogP contribution in [-0.2, 0) is 20.0 Å². The fraction of sp³-hybridized carbons (Fsp3) is 0.333. The monoisotopic (exact) mass is 389 g/mol. The zero-order valence-corrected chi connectivity index (χ0v) is 13.6. The molecule has 0 unspecified atom stereocenters. The topological polar surface area (TPSA) is 118 Å². The molecule has 7 nitrogen and oxygen atoms in total. The lowest BCUT2D eigenvalue weighted by Crippen LogP contribution is -2.34. The van der Waals surface area contributed by atoms with Crippen LogP contribution in [-0.4, -0.2) is 36.2 Å². The van der Waals surface area contributed by atoms with Gasteiger partial charge in [0, 0.05) is 17.6 Å². The second-order valence-electron chi connectivity index (χ2n) is 3.87. The second kappa shape index (κ2) is 6.35. The fourth-order valence-corrected chi connectivity index (χ4v) is 3.80. The Morgan fingerprint density at radius 1 is 1.20 bits per heavy atom. The molecule has 11 heteroatoms. The molecule has 1 aromatic rings. The number of nitrogens with two attached hydrogens (primary N) is 1. The van der Waals surface area contributed by atoms with E-state index in [1.54, 1.807) is 0 Å². The molecule has 4 N–H and O–H groups in total. The van der Waals surface area contributed by atoms with Crippen LogP contribution in [0.3, 0.4) is 0 Å². The number of halogens is 2. The van der Waals surface area contributed by atoms with Crippen molar-refractivity contribution in [3.8, 4) is 0 Å². The van der Waals surface area contributed by atoms with Gasteiger partial charge in [-0.15, -0.1) is 0 Å². The second-order valence-corrected chi connectivity index (χ2v) is 8.29. The lowest BCUT2D eigenvalue weighted by molar-refractivity contribution is 0.572. The Balaban J connectivity index is 2.82. The molecule has 114 valence electrons. The quantitative estimate of drug-likeness (QED) is 0.467. The van der Waals surface area contributed by atoms with Crippen molar-refractivity contribution < 1.29 is 21.2 Å². The van der Waals surface area contributed by atoms with Gasteiger partial charge in [0.05, 0.1) is 16.8 Å². The van der Waals surface area contributed by atoms with Crippen molar-refractivity contribution in [3.05, 3.63) is 22.4 Å². The summed E-state index contributed by atoms with van der Waals surface area (Å²) in [6, 6.07) is 1.92. The lowest BCUT2D eigenvalue weighted by atomic mass is 10.3. The van der Waals surface area contributed by atoms with Gasteiger partial charge < -0.3 is 5.73 Å². The minimum atomic E-state index is -3.93. The van der Waals surface area contributed by atoms with E-state index in [9.17, 15) is 21.2 Å². The molecule has 1 aromatic carbocycles. The Morgan fingerprint density at radius 2 is 1.75 bits per heavy atom. The van der Waals surface area contributed by atoms with Crippen molar-refractivity contribution in [1.82, 2.24) is 9.44 Å². The van der Waals surface area contributed by atoms with E-state index in [4.69, 9.17) is 5.73 Å². The summed E-state index contributed by atoms with van der Waals surface area (Å²) >= 11 is 2.93. The third kappa shape index (κ3) is 4.98. The number of sulfonamides is 2. The molecule has 0 saturated heterocycles. The maximum Gasteiger partial charge on any atom is 0.241 e. The molecular formula is C9H13BrFN3O4S2. The van der Waals surface area contributed by atoms with Crippen LogP contribution in [0.5, 0.6) is 0 Å². The molecule has 0 bridgehead atoms. The van der Waals surface area contributed by atoms with Crippen LogP contribution in [0.1, 0.15) is 0 Å². The normalized spacial score (nSPS) is 12.6. The van der Waals surface area contributed by atoms with Crippen LogP contribution >= 0.6 is 15.9 Å². The van der Waals surface area contributed by atoms with E-state index in [1.165, 1.54) is 0 Å². The lowest BCUT2D eigenvalue weighted by Gasteiger charge is -2.10. The van der Waals surface area contributed by atoms with Crippen LogP contribution in [0.4, 0.5) is 10.1 Å². The van der Waals surface area contributed by atoms with E-state index in [-0.39, 0.29) is 28.1 Å². The first-order valence-electron chi connectivity index (χ1n) is 5.22. The van der Waals surface area contributed by atoms with Gasteiger partial charge in [0.2, 0.25) is 20.0 Å². The number of hydrogen-bond acceptors (Lipinski definition) is 5. The Hall–Kier alpha value is -0.750. The molecule has 0 atom stereocenters. The first-order chi connectivity index (χ1) is 9.03. The van der Waals surface area contributed by atoms with Crippen LogP contribution in [0.2, 0.25) is 0 Å². The third-order valence-electron chi connectivity index (χ3n) is 2.12. The van der Waals surface area contributed by atoms with E-state index in [0.29, 0.717) is 0 Å². The summed E-state index contributed by atoms with van der Waals surface area (Å²) in [5, 5.41) is 0. The molecule has 0 aromatic heterocycles. The van der Waals surface area contributed by atoms with Crippen molar-refractivity contribution in [2.45, 2.75) is 4.90 Å². The summed E-state index contributed by atoms with van der Waals surface area (Å²) in [5.41, 5.74) is 5.02. The van der Waals surface area contributed by atoms with E-state index >= 15 is 0 Å². The van der Waals surface area contributed by atoms with E-state index in [1.807, 2.05) is 0 Å². The smallest absolute Gasteiger partial charge is 0.241 e. The van der Waals surface area contributed by atoms with Gasteiger partial charge in [0.1, 0.15) is 5.82 Å². The summed E-state index contributed by atoms with van der Waals surface area (Å²) in [7, 11) is -7.32. The molecule has 0 fully saturated rings. The Morgan fingerprint density at radius 3 is 2.30 bits per heavy atom. The van der Waals surface area contributed by atoms with Gasteiger partial charge >= 0.3 is 0 Å². The largest absolute Gasteiger partial charge is 0.396 e. The van der Waals surface area contributed by atoms with Gasteiger partial charge in [-0.1, -0.05) is 0 Å². The molecule has 0 aliphatic carbocycles. The summed E-state index contributed by atoms with van der Waals surface area (Å²) in [5.74, 6) is -0.741. The minimum absolute atomic E-state index is 0.0211. The SMILES string of the molecule is CS(=O)(=O)NCCNS(=O)(=O)c1cc(N)c(F)cc1Br. The summed E-state index contributed by atoms with van der Waals surface area (Å²) in [6.07, 6.45) is 0.957. The number of benzene rings is 1. The van der Waals surface area contributed by atoms with Gasteiger partial charge in [-0.05, 0) is 28.1 Å². The first kappa shape index (κ1) is 17.3. The molecule has 0 heterocycles. The number of rotatable bonds is 6. The van der Waals surface area contributed by atoms with Gasteiger partial charge in [-0.2, -0.15) is 0 Å². The van der Waals surface area contributed by atoms with Gasteiger partial charge in [0.15, 0.2) is 0 Å². The highest BCUT2D eigenvalue weighted by Crippen LogP contribution is 2.26. The van der Waals surface area contributed by atoms with E-state index < -0.39 is 25.9 Å². The maximum absolute atomic E-state index is 13.1. The molecule has 0 spiro atoms. The van der Waals surface area contributed by atoms with Gasteiger partial charge in [-0.25, -0.2) is 30.7 Å². The highest BCUT2D eigenvalue weighted by molar-refractivity contribution is 9.10. The van der Waals surface area contributed by atoms with Crippen LogP contribution < -0.4 is 15.2 Å². The molecule has 0 radical (unpaired) electrons. The summed E-state index contributed by atoms with van der Waals surface area (Å²) in [6.45, 7) is -0.258.